The molecule has 1 aliphatic rings. The lowest BCUT2D eigenvalue weighted by Crippen LogP contribution is -2.35. The SMILES string of the molecule is CCc1ccccc1N1CC(C(=O)NCCCN(CC)CC)CC1=O. The molecule has 5 nitrogen and oxygen atoms in total. The van der Waals surface area contributed by atoms with Crippen LogP contribution in [0.4, 0.5) is 5.69 Å². The summed E-state index contributed by atoms with van der Waals surface area (Å²) in [6.07, 6.45) is 2.12. The fourth-order valence-electron chi connectivity index (χ4n) is 3.39. The number of anilines is 1. The Morgan fingerprint density at radius 1 is 1.24 bits per heavy atom. The van der Waals surface area contributed by atoms with Crippen molar-refractivity contribution in [1.29, 1.82) is 0 Å². The van der Waals surface area contributed by atoms with E-state index in [1.54, 1.807) is 4.90 Å². The summed E-state index contributed by atoms with van der Waals surface area (Å²) in [5.41, 5.74) is 2.10. The first kappa shape index (κ1) is 19.4. The van der Waals surface area contributed by atoms with E-state index < -0.39 is 0 Å². The van der Waals surface area contributed by atoms with Crippen molar-refractivity contribution in [1.82, 2.24) is 10.2 Å². The molecule has 1 unspecified atom stereocenters. The zero-order valence-corrected chi connectivity index (χ0v) is 15.8. The summed E-state index contributed by atoms with van der Waals surface area (Å²) in [6.45, 7) is 10.6. The Bertz CT molecular complexity index is 584. The second-order valence-corrected chi connectivity index (χ2v) is 6.56. The highest BCUT2D eigenvalue weighted by atomic mass is 16.2. The van der Waals surface area contributed by atoms with Gasteiger partial charge in [0.15, 0.2) is 0 Å². The number of aryl methyl sites for hydroxylation is 1. The molecular weight excluding hydrogens is 314 g/mol. The molecule has 1 atom stereocenters. The molecule has 1 N–H and O–H groups in total. The average Bonchev–Trinajstić information content (AvgIpc) is 3.03. The van der Waals surface area contributed by atoms with Crippen LogP contribution in [0.3, 0.4) is 0 Å². The molecule has 0 radical (unpaired) electrons. The minimum absolute atomic E-state index is 0.00405. The molecule has 2 rings (SSSR count). The number of para-hydroxylation sites is 1. The van der Waals surface area contributed by atoms with Crippen LogP contribution >= 0.6 is 0 Å². The Hall–Kier alpha value is -1.88. The second kappa shape index (κ2) is 9.56. The van der Waals surface area contributed by atoms with Crippen molar-refractivity contribution in [3.8, 4) is 0 Å². The van der Waals surface area contributed by atoms with Crippen molar-refractivity contribution >= 4 is 17.5 Å². The maximum absolute atomic E-state index is 12.4. The third-order valence-corrected chi connectivity index (χ3v) is 5.00. The van der Waals surface area contributed by atoms with E-state index >= 15 is 0 Å². The van der Waals surface area contributed by atoms with Gasteiger partial charge in [-0.3, -0.25) is 9.59 Å². The highest BCUT2D eigenvalue weighted by Gasteiger charge is 2.35. The highest BCUT2D eigenvalue weighted by Crippen LogP contribution is 2.28. The molecule has 0 bridgehead atoms. The van der Waals surface area contributed by atoms with E-state index in [9.17, 15) is 9.59 Å². The predicted molar refractivity (Wildman–Crippen MR) is 102 cm³/mol. The Morgan fingerprint density at radius 2 is 1.96 bits per heavy atom. The molecule has 0 aromatic heterocycles. The van der Waals surface area contributed by atoms with Gasteiger partial charge in [0, 0.05) is 25.2 Å². The number of amides is 2. The number of nitrogens with zero attached hydrogens (tertiary/aromatic N) is 2. The molecule has 1 aromatic rings. The van der Waals surface area contributed by atoms with Crippen molar-refractivity contribution in [3.05, 3.63) is 29.8 Å². The second-order valence-electron chi connectivity index (χ2n) is 6.56. The smallest absolute Gasteiger partial charge is 0.227 e. The van der Waals surface area contributed by atoms with Crippen LogP contribution in [0.15, 0.2) is 24.3 Å². The zero-order chi connectivity index (χ0) is 18.2. The molecule has 1 heterocycles. The van der Waals surface area contributed by atoms with Gasteiger partial charge < -0.3 is 15.1 Å². The number of nitrogens with one attached hydrogen (secondary N) is 1. The van der Waals surface area contributed by atoms with Crippen molar-refractivity contribution in [2.75, 3.05) is 37.6 Å². The van der Waals surface area contributed by atoms with E-state index in [1.807, 2.05) is 24.3 Å². The first-order valence-electron chi connectivity index (χ1n) is 9.48. The molecule has 2 amide bonds. The summed E-state index contributed by atoms with van der Waals surface area (Å²) >= 11 is 0. The van der Waals surface area contributed by atoms with Crippen molar-refractivity contribution < 1.29 is 9.59 Å². The van der Waals surface area contributed by atoms with Crippen LogP contribution in [-0.2, 0) is 16.0 Å². The number of carbonyl (C=O) groups excluding carboxylic acids is 2. The standard InChI is InChI=1S/C20H31N3O2/c1-4-16-10-7-8-11-18(16)23-15-17(14-19(23)24)20(25)21-12-9-13-22(5-2)6-3/h7-8,10-11,17H,4-6,9,12-15H2,1-3H3,(H,21,25). The summed E-state index contributed by atoms with van der Waals surface area (Å²) in [6, 6.07) is 7.95. The highest BCUT2D eigenvalue weighted by molar-refractivity contribution is 6.00. The molecule has 1 saturated heterocycles. The van der Waals surface area contributed by atoms with E-state index in [0.717, 1.165) is 43.7 Å². The normalized spacial score (nSPS) is 17.4. The van der Waals surface area contributed by atoms with Crippen molar-refractivity contribution in [2.45, 2.75) is 40.0 Å². The number of hydrogen-bond donors (Lipinski definition) is 1. The average molecular weight is 345 g/mol. The lowest BCUT2D eigenvalue weighted by Gasteiger charge is -2.20. The van der Waals surface area contributed by atoms with E-state index in [1.165, 1.54) is 0 Å². The van der Waals surface area contributed by atoms with Crippen LogP contribution in [0.5, 0.6) is 0 Å². The first-order valence-corrected chi connectivity index (χ1v) is 9.48. The summed E-state index contributed by atoms with van der Waals surface area (Å²) in [5.74, 6) is -0.195. The minimum atomic E-state index is -0.245. The van der Waals surface area contributed by atoms with Crippen LogP contribution in [-0.4, -0.2) is 49.4 Å². The van der Waals surface area contributed by atoms with Crippen molar-refractivity contribution in [3.63, 3.8) is 0 Å². The third kappa shape index (κ3) is 5.05. The first-order chi connectivity index (χ1) is 12.1. The van der Waals surface area contributed by atoms with Gasteiger partial charge in [-0.1, -0.05) is 39.0 Å². The van der Waals surface area contributed by atoms with Crippen LogP contribution in [0.2, 0.25) is 0 Å². The van der Waals surface area contributed by atoms with Crippen LogP contribution < -0.4 is 10.2 Å². The number of hydrogen-bond acceptors (Lipinski definition) is 3. The monoisotopic (exact) mass is 345 g/mol. The summed E-state index contributed by atoms with van der Waals surface area (Å²) < 4.78 is 0. The van der Waals surface area contributed by atoms with Crippen LogP contribution in [0.25, 0.3) is 0 Å². The Morgan fingerprint density at radius 3 is 2.64 bits per heavy atom. The molecule has 25 heavy (non-hydrogen) atoms. The van der Waals surface area contributed by atoms with Crippen molar-refractivity contribution in [2.24, 2.45) is 5.92 Å². The predicted octanol–water partition coefficient (Wildman–Crippen LogP) is 2.45. The molecule has 1 aliphatic heterocycles. The van der Waals surface area contributed by atoms with Gasteiger partial charge in [0.1, 0.15) is 0 Å². The quantitative estimate of drug-likeness (QED) is 0.700. The van der Waals surface area contributed by atoms with Gasteiger partial charge in [-0.2, -0.15) is 0 Å². The van der Waals surface area contributed by atoms with Crippen LogP contribution in [0.1, 0.15) is 39.2 Å². The molecule has 138 valence electrons. The van der Waals surface area contributed by atoms with Gasteiger partial charge in [-0.05, 0) is 44.1 Å². The lowest BCUT2D eigenvalue weighted by molar-refractivity contribution is -0.126. The molecule has 1 aromatic carbocycles. The molecule has 0 aliphatic carbocycles. The van der Waals surface area contributed by atoms with Crippen LogP contribution in [0, 0.1) is 5.92 Å². The summed E-state index contributed by atoms with van der Waals surface area (Å²) in [4.78, 5) is 28.9. The van der Waals surface area contributed by atoms with E-state index in [2.05, 4.69) is 31.0 Å². The Balaban J connectivity index is 1.86. The fraction of sp³-hybridized carbons (Fsp3) is 0.600. The number of rotatable bonds is 9. The van der Waals surface area contributed by atoms with Gasteiger partial charge in [0.05, 0.1) is 5.92 Å². The summed E-state index contributed by atoms with van der Waals surface area (Å²) in [7, 11) is 0. The molecule has 0 saturated carbocycles. The number of carbonyl (C=O) groups is 2. The maximum atomic E-state index is 12.4. The van der Waals surface area contributed by atoms with E-state index in [-0.39, 0.29) is 17.7 Å². The van der Waals surface area contributed by atoms with E-state index in [4.69, 9.17) is 0 Å². The van der Waals surface area contributed by atoms with Gasteiger partial charge in [-0.15, -0.1) is 0 Å². The topological polar surface area (TPSA) is 52.7 Å². The van der Waals surface area contributed by atoms with Gasteiger partial charge in [-0.25, -0.2) is 0 Å². The summed E-state index contributed by atoms with van der Waals surface area (Å²) in [5, 5.41) is 3.00. The lowest BCUT2D eigenvalue weighted by atomic mass is 10.1. The van der Waals surface area contributed by atoms with Gasteiger partial charge in [0.25, 0.3) is 0 Å². The third-order valence-electron chi connectivity index (χ3n) is 5.00. The molecular formula is C20H31N3O2. The number of benzene rings is 1. The maximum Gasteiger partial charge on any atom is 0.227 e. The Labute approximate surface area is 151 Å². The van der Waals surface area contributed by atoms with Gasteiger partial charge in [0.2, 0.25) is 11.8 Å². The minimum Gasteiger partial charge on any atom is -0.356 e. The Kier molecular flexibility index (Phi) is 7.44. The molecule has 0 spiro atoms. The van der Waals surface area contributed by atoms with Gasteiger partial charge >= 0.3 is 0 Å². The van der Waals surface area contributed by atoms with E-state index in [0.29, 0.717) is 19.5 Å². The largest absolute Gasteiger partial charge is 0.356 e. The molecule has 1 fully saturated rings. The zero-order valence-electron chi connectivity index (χ0n) is 15.8. The fourth-order valence-corrected chi connectivity index (χ4v) is 3.39. The molecule has 5 heteroatoms.